The predicted molar refractivity (Wildman–Crippen MR) is 96.1 cm³/mol. The van der Waals surface area contributed by atoms with E-state index < -0.39 is 31.8 Å². The van der Waals surface area contributed by atoms with Gasteiger partial charge in [0.15, 0.2) is 5.96 Å². The highest BCUT2D eigenvalue weighted by Gasteiger charge is 2.31. The number of halogens is 5. The van der Waals surface area contributed by atoms with E-state index in [9.17, 15) is 26.7 Å². The van der Waals surface area contributed by atoms with Gasteiger partial charge in [0.25, 0.3) is 0 Å². The molecule has 0 saturated carbocycles. The minimum Gasteiger partial charge on any atom is -0.497 e. The molecule has 2 N–H and O–H groups in total. The van der Waals surface area contributed by atoms with Crippen LogP contribution >= 0.6 is 0 Å². The van der Waals surface area contributed by atoms with Gasteiger partial charge in [0.1, 0.15) is 18.0 Å². The van der Waals surface area contributed by atoms with Gasteiger partial charge >= 0.3 is 12.8 Å². The van der Waals surface area contributed by atoms with Gasteiger partial charge in [-0.1, -0.05) is 0 Å². The topological polar surface area (TPSA) is 75.2 Å². The molecule has 0 bridgehead atoms. The molecule has 1 rings (SSSR count). The minimum absolute atomic E-state index is 0.0959. The summed E-state index contributed by atoms with van der Waals surface area (Å²) in [6.45, 7) is -2.81. The van der Waals surface area contributed by atoms with Crippen molar-refractivity contribution >= 4 is 11.9 Å². The number of guanidine groups is 1. The summed E-state index contributed by atoms with van der Waals surface area (Å²) in [5.74, 6) is -0.372. The largest absolute Gasteiger partial charge is 0.497 e. The molecule has 0 unspecified atom stereocenters. The van der Waals surface area contributed by atoms with Crippen LogP contribution in [0.2, 0.25) is 0 Å². The summed E-state index contributed by atoms with van der Waals surface area (Å²) in [5.41, 5.74) is 0.294. The Morgan fingerprint density at radius 3 is 2.52 bits per heavy atom. The summed E-state index contributed by atoms with van der Waals surface area (Å²) >= 11 is 0. The van der Waals surface area contributed by atoms with Crippen LogP contribution in [0.1, 0.15) is 12.5 Å². The van der Waals surface area contributed by atoms with Crippen molar-refractivity contribution in [3.63, 3.8) is 0 Å². The first-order chi connectivity index (χ1) is 13.6. The zero-order chi connectivity index (χ0) is 22.0. The van der Waals surface area contributed by atoms with Crippen LogP contribution in [0.5, 0.6) is 11.5 Å². The number of hydrogen-bond acceptors (Lipinski definition) is 4. The molecule has 0 fully saturated rings. The summed E-state index contributed by atoms with van der Waals surface area (Å²) in [6.07, 6.45) is -4.50. The molecule has 7 nitrogen and oxygen atoms in total. The molecule has 12 heteroatoms. The minimum atomic E-state index is -4.50. The van der Waals surface area contributed by atoms with Crippen LogP contribution in [0.3, 0.4) is 0 Å². The fourth-order valence-electron chi connectivity index (χ4n) is 2.17. The number of hydrogen-bond donors (Lipinski definition) is 2. The molecule has 164 valence electrons. The van der Waals surface area contributed by atoms with E-state index in [-0.39, 0.29) is 18.3 Å². The predicted octanol–water partition coefficient (Wildman–Crippen LogP) is 2.37. The van der Waals surface area contributed by atoms with E-state index in [1.807, 2.05) is 0 Å². The van der Waals surface area contributed by atoms with Crippen LogP contribution in [-0.2, 0) is 11.3 Å². The van der Waals surface area contributed by atoms with Crippen molar-refractivity contribution in [2.45, 2.75) is 26.3 Å². The van der Waals surface area contributed by atoms with Gasteiger partial charge in [-0.25, -0.2) is 4.99 Å². The molecule has 0 saturated heterocycles. The van der Waals surface area contributed by atoms with Crippen LogP contribution < -0.4 is 20.1 Å². The number of alkyl halides is 5. The second-order valence-electron chi connectivity index (χ2n) is 5.77. The van der Waals surface area contributed by atoms with Gasteiger partial charge in [0, 0.05) is 19.2 Å². The molecule has 1 aromatic carbocycles. The maximum Gasteiger partial charge on any atom is 0.406 e. The Balaban J connectivity index is 2.85. The van der Waals surface area contributed by atoms with Crippen molar-refractivity contribution in [1.82, 2.24) is 15.5 Å². The van der Waals surface area contributed by atoms with E-state index in [1.54, 1.807) is 6.92 Å². The number of amides is 1. The molecule has 0 aliphatic heterocycles. The Labute approximate surface area is 164 Å². The second kappa shape index (κ2) is 11.3. The van der Waals surface area contributed by atoms with Crippen molar-refractivity contribution in [3.05, 3.63) is 23.8 Å². The fraction of sp³-hybridized carbons (Fsp3) is 0.529. The SMILES string of the molecule is CCNC(=NCc1cc(OC)ccc1OC(F)F)NCC(=O)N(C)CC(F)(F)F. The number of nitrogens with zero attached hydrogens (tertiary/aromatic N) is 2. The zero-order valence-electron chi connectivity index (χ0n) is 16.1. The van der Waals surface area contributed by atoms with Gasteiger partial charge in [-0.3, -0.25) is 4.79 Å². The maximum absolute atomic E-state index is 12.6. The standard InChI is InChI=1S/C17H23F5N4O3/c1-4-23-16(25-9-14(27)26(2)10-17(20,21)22)24-8-11-7-12(28-3)5-6-13(11)29-15(18)19/h5-7,15H,4,8-10H2,1-3H3,(H2,23,24,25). The molecular weight excluding hydrogens is 403 g/mol. The number of nitrogens with one attached hydrogen (secondary N) is 2. The second-order valence-corrected chi connectivity index (χ2v) is 5.77. The Morgan fingerprint density at radius 2 is 1.97 bits per heavy atom. The molecule has 0 atom stereocenters. The van der Waals surface area contributed by atoms with Gasteiger partial charge in [0.05, 0.1) is 20.2 Å². The summed E-state index contributed by atoms with van der Waals surface area (Å²) in [5, 5.41) is 5.42. The number of likely N-dealkylation sites (N-methyl/N-ethyl adjacent to an activating group) is 1. The first-order valence-corrected chi connectivity index (χ1v) is 8.50. The van der Waals surface area contributed by atoms with Crippen molar-refractivity contribution in [3.8, 4) is 11.5 Å². The van der Waals surface area contributed by atoms with Gasteiger partial charge in [0.2, 0.25) is 5.91 Å². The number of aliphatic imine (C=N–C) groups is 1. The number of rotatable bonds is 9. The Morgan fingerprint density at radius 1 is 1.28 bits per heavy atom. The van der Waals surface area contributed by atoms with Gasteiger partial charge in [-0.2, -0.15) is 22.0 Å². The summed E-state index contributed by atoms with van der Waals surface area (Å²) < 4.78 is 71.7. The Kier molecular flexibility index (Phi) is 9.42. The van der Waals surface area contributed by atoms with Crippen molar-refractivity contribution in [2.24, 2.45) is 4.99 Å². The molecule has 0 spiro atoms. The van der Waals surface area contributed by atoms with Crippen molar-refractivity contribution < 1.29 is 36.2 Å². The Hall–Kier alpha value is -2.79. The number of ether oxygens (including phenoxy) is 2. The number of carbonyl (C=O) groups excluding carboxylic acids is 1. The van der Waals surface area contributed by atoms with Gasteiger partial charge in [-0.05, 0) is 25.1 Å². The Bertz CT molecular complexity index is 698. The van der Waals surface area contributed by atoms with E-state index in [4.69, 9.17) is 4.74 Å². The van der Waals surface area contributed by atoms with Crippen LogP contribution in [0.4, 0.5) is 22.0 Å². The molecule has 0 heterocycles. The molecule has 1 amide bonds. The third-order valence-electron chi connectivity index (χ3n) is 3.48. The molecule has 1 aromatic rings. The lowest BCUT2D eigenvalue weighted by molar-refractivity contribution is -0.157. The highest BCUT2D eigenvalue weighted by Crippen LogP contribution is 2.26. The highest BCUT2D eigenvalue weighted by atomic mass is 19.4. The number of carbonyl (C=O) groups is 1. The quantitative estimate of drug-likeness (QED) is 0.360. The molecule has 0 aromatic heterocycles. The average molecular weight is 426 g/mol. The van der Waals surface area contributed by atoms with E-state index in [0.29, 0.717) is 22.8 Å². The van der Waals surface area contributed by atoms with Crippen LogP contribution in [0.25, 0.3) is 0 Å². The summed E-state index contributed by atoms with van der Waals surface area (Å²) in [6, 6.07) is 4.22. The lowest BCUT2D eigenvalue weighted by Crippen LogP contribution is -2.45. The number of methoxy groups -OCH3 is 1. The smallest absolute Gasteiger partial charge is 0.406 e. The zero-order valence-corrected chi connectivity index (χ0v) is 16.1. The molecule has 29 heavy (non-hydrogen) atoms. The lowest BCUT2D eigenvalue weighted by atomic mass is 10.2. The highest BCUT2D eigenvalue weighted by molar-refractivity contribution is 5.86. The number of benzene rings is 1. The third-order valence-corrected chi connectivity index (χ3v) is 3.48. The molecule has 0 radical (unpaired) electrons. The summed E-state index contributed by atoms with van der Waals surface area (Å²) in [7, 11) is 2.44. The van der Waals surface area contributed by atoms with Crippen molar-refractivity contribution in [2.75, 3.05) is 33.8 Å². The van der Waals surface area contributed by atoms with E-state index >= 15 is 0 Å². The summed E-state index contributed by atoms with van der Waals surface area (Å²) in [4.78, 5) is 16.5. The van der Waals surface area contributed by atoms with E-state index in [1.165, 1.54) is 25.3 Å². The van der Waals surface area contributed by atoms with Crippen molar-refractivity contribution in [1.29, 1.82) is 0 Å². The monoisotopic (exact) mass is 426 g/mol. The maximum atomic E-state index is 12.6. The normalized spacial score (nSPS) is 12.0. The van der Waals surface area contributed by atoms with E-state index in [0.717, 1.165) is 7.05 Å². The first kappa shape index (κ1) is 24.2. The third kappa shape index (κ3) is 9.30. The first-order valence-electron chi connectivity index (χ1n) is 8.50. The lowest BCUT2D eigenvalue weighted by Gasteiger charge is -2.20. The van der Waals surface area contributed by atoms with E-state index in [2.05, 4.69) is 20.4 Å². The average Bonchev–Trinajstić information content (AvgIpc) is 2.62. The van der Waals surface area contributed by atoms with Crippen LogP contribution in [0.15, 0.2) is 23.2 Å². The molecule has 0 aliphatic carbocycles. The molecule has 0 aliphatic rings. The van der Waals surface area contributed by atoms with Gasteiger partial charge in [-0.15, -0.1) is 0 Å². The van der Waals surface area contributed by atoms with Crippen LogP contribution in [0, 0.1) is 0 Å². The van der Waals surface area contributed by atoms with Crippen LogP contribution in [-0.4, -0.2) is 63.3 Å². The fourth-order valence-corrected chi connectivity index (χ4v) is 2.17. The van der Waals surface area contributed by atoms with Gasteiger partial charge < -0.3 is 25.0 Å². The molecular formula is C17H23F5N4O3.